The summed E-state index contributed by atoms with van der Waals surface area (Å²) in [6.07, 6.45) is 0.980. The Morgan fingerprint density at radius 2 is 2.13 bits per heavy atom. The van der Waals surface area contributed by atoms with Crippen molar-refractivity contribution in [3.05, 3.63) is 23.3 Å². The highest BCUT2D eigenvalue weighted by molar-refractivity contribution is 5.55. The molecule has 1 unspecified atom stereocenters. The maximum absolute atomic E-state index is 5.90. The second-order valence-electron chi connectivity index (χ2n) is 4.34. The van der Waals surface area contributed by atoms with Crippen LogP contribution in [0.25, 0.3) is 0 Å². The second kappa shape index (κ2) is 3.74. The molecule has 1 aliphatic heterocycles. The van der Waals surface area contributed by atoms with E-state index in [9.17, 15) is 0 Å². The molecule has 0 radical (unpaired) electrons. The molecule has 3 heteroatoms. The molecule has 0 aromatic heterocycles. The average Bonchev–Trinajstić information content (AvgIpc) is 2.62. The number of nitrogens with zero attached hydrogens (tertiary/aromatic N) is 1. The number of benzene rings is 1. The third kappa shape index (κ3) is 1.79. The van der Waals surface area contributed by atoms with E-state index in [1.807, 2.05) is 12.1 Å². The molecule has 0 bridgehead atoms. The van der Waals surface area contributed by atoms with Crippen molar-refractivity contribution in [2.24, 2.45) is 0 Å². The van der Waals surface area contributed by atoms with Crippen LogP contribution in [0, 0.1) is 0 Å². The van der Waals surface area contributed by atoms with Gasteiger partial charge in [0.15, 0.2) is 0 Å². The molecule has 0 saturated carbocycles. The van der Waals surface area contributed by atoms with Gasteiger partial charge in [-0.2, -0.15) is 0 Å². The van der Waals surface area contributed by atoms with Crippen molar-refractivity contribution in [2.45, 2.75) is 19.4 Å². The number of nitrogen functional groups attached to an aromatic ring is 1. The summed E-state index contributed by atoms with van der Waals surface area (Å²) in [5.74, 6) is 1.05. The van der Waals surface area contributed by atoms with Crippen LogP contribution < -0.4 is 10.5 Å². The molecule has 15 heavy (non-hydrogen) atoms. The summed E-state index contributed by atoms with van der Waals surface area (Å²) < 4.78 is 5.67. The number of hydrogen-bond acceptors (Lipinski definition) is 3. The lowest BCUT2D eigenvalue weighted by molar-refractivity contribution is 0.301. The summed E-state index contributed by atoms with van der Waals surface area (Å²) >= 11 is 0. The van der Waals surface area contributed by atoms with E-state index < -0.39 is 0 Å². The zero-order valence-corrected chi connectivity index (χ0v) is 9.58. The Morgan fingerprint density at radius 1 is 1.40 bits per heavy atom. The predicted molar refractivity (Wildman–Crippen MR) is 62.2 cm³/mol. The summed E-state index contributed by atoms with van der Waals surface area (Å²) in [5.41, 5.74) is 9.18. The van der Waals surface area contributed by atoms with Crippen LogP contribution >= 0.6 is 0 Å². The molecule has 82 valence electrons. The van der Waals surface area contributed by atoms with Crippen LogP contribution in [0.5, 0.6) is 5.75 Å². The Morgan fingerprint density at radius 3 is 2.80 bits per heavy atom. The van der Waals surface area contributed by atoms with E-state index >= 15 is 0 Å². The van der Waals surface area contributed by atoms with Crippen LogP contribution in [0.1, 0.15) is 24.1 Å². The number of fused-ring (bicyclic) bond motifs is 1. The Hall–Kier alpha value is -1.22. The molecule has 0 amide bonds. The molecule has 3 nitrogen and oxygen atoms in total. The highest BCUT2D eigenvalue weighted by atomic mass is 16.5. The lowest BCUT2D eigenvalue weighted by Crippen LogP contribution is -2.17. The van der Waals surface area contributed by atoms with Gasteiger partial charge >= 0.3 is 0 Å². The monoisotopic (exact) mass is 206 g/mol. The van der Waals surface area contributed by atoms with Crippen LogP contribution in [0.15, 0.2) is 12.1 Å². The topological polar surface area (TPSA) is 38.5 Å². The van der Waals surface area contributed by atoms with E-state index in [0.29, 0.717) is 6.04 Å². The zero-order valence-electron chi connectivity index (χ0n) is 9.58. The van der Waals surface area contributed by atoms with E-state index in [1.165, 1.54) is 11.1 Å². The zero-order chi connectivity index (χ0) is 11.0. The number of hydrogen-bond donors (Lipinski definition) is 1. The largest absolute Gasteiger partial charge is 0.493 e. The lowest BCUT2D eigenvalue weighted by Gasteiger charge is -2.22. The Bertz CT molecular complexity index is 374. The van der Waals surface area contributed by atoms with Gasteiger partial charge in [0.1, 0.15) is 5.75 Å². The fourth-order valence-electron chi connectivity index (χ4n) is 1.95. The van der Waals surface area contributed by atoms with Gasteiger partial charge in [-0.3, -0.25) is 0 Å². The molecule has 1 aromatic carbocycles. The first-order valence-electron chi connectivity index (χ1n) is 5.31. The highest BCUT2D eigenvalue weighted by Crippen LogP contribution is 2.36. The van der Waals surface area contributed by atoms with Crippen molar-refractivity contribution in [3.8, 4) is 5.75 Å². The molecule has 1 heterocycles. The Labute approximate surface area is 90.8 Å². The Kier molecular flexibility index (Phi) is 2.57. The molecule has 1 atom stereocenters. The van der Waals surface area contributed by atoms with E-state index in [4.69, 9.17) is 10.5 Å². The van der Waals surface area contributed by atoms with Crippen LogP contribution in [0.2, 0.25) is 0 Å². The second-order valence-corrected chi connectivity index (χ2v) is 4.34. The third-order valence-electron chi connectivity index (χ3n) is 3.06. The first-order valence-corrected chi connectivity index (χ1v) is 5.31. The average molecular weight is 206 g/mol. The maximum atomic E-state index is 5.90. The van der Waals surface area contributed by atoms with Gasteiger partial charge in [0.25, 0.3) is 0 Å². The van der Waals surface area contributed by atoms with Crippen molar-refractivity contribution in [1.82, 2.24) is 4.90 Å². The molecule has 1 aromatic rings. The van der Waals surface area contributed by atoms with Crippen molar-refractivity contribution < 1.29 is 4.74 Å². The van der Waals surface area contributed by atoms with Crippen LogP contribution in [0.3, 0.4) is 0 Å². The highest BCUT2D eigenvalue weighted by Gasteiger charge is 2.21. The molecular formula is C12H18N2O. The minimum absolute atomic E-state index is 0.334. The molecule has 0 aliphatic carbocycles. The van der Waals surface area contributed by atoms with E-state index in [1.54, 1.807) is 0 Å². The maximum Gasteiger partial charge on any atom is 0.127 e. The third-order valence-corrected chi connectivity index (χ3v) is 3.06. The number of ether oxygens (including phenoxy) is 1. The summed E-state index contributed by atoms with van der Waals surface area (Å²) in [5, 5.41) is 0. The first-order chi connectivity index (χ1) is 7.09. The van der Waals surface area contributed by atoms with E-state index in [0.717, 1.165) is 24.5 Å². The van der Waals surface area contributed by atoms with Crippen molar-refractivity contribution >= 4 is 5.69 Å². The fraction of sp³-hybridized carbons (Fsp3) is 0.500. The molecule has 2 rings (SSSR count). The minimum Gasteiger partial charge on any atom is -0.493 e. The lowest BCUT2D eigenvalue weighted by atomic mass is 10.0. The van der Waals surface area contributed by atoms with Gasteiger partial charge in [0, 0.05) is 23.7 Å². The molecule has 2 N–H and O–H groups in total. The SMILES string of the molecule is CC(c1cc(N)cc2c1OCC2)N(C)C. The van der Waals surface area contributed by atoms with Crippen LogP contribution in [0.4, 0.5) is 5.69 Å². The molecular weight excluding hydrogens is 188 g/mol. The standard InChI is InChI=1S/C12H18N2O/c1-8(14(2)3)11-7-10(13)6-9-4-5-15-12(9)11/h6-8H,4-5,13H2,1-3H3. The van der Waals surface area contributed by atoms with Gasteiger partial charge in [-0.25, -0.2) is 0 Å². The first kappa shape index (κ1) is 10.3. The van der Waals surface area contributed by atoms with Crippen molar-refractivity contribution in [1.29, 1.82) is 0 Å². The summed E-state index contributed by atoms with van der Waals surface area (Å²) in [4.78, 5) is 2.16. The van der Waals surface area contributed by atoms with Gasteiger partial charge in [-0.1, -0.05) is 0 Å². The van der Waals surface area contributed by atoms with E-state index in [2.05, 4.69) is 25.9 Å². The molecule has 0 fully saturated rings. The van der Waals surface area contributed by atoms with Crippen LogP contribution in [-0.4, -0.2) is 25.6 Å². The predicted octanol–water partition coefficient (Wildman–Crippen LogP) is 1.83. The minimum atomic E-state index is 0.334. The summed E-state index contributed by atoms with van der Waals surface area (Å²) in [6.45, 7) is 2.95. The number of rotatable bonds is 2. The van der Waals surface area contributed by atoms with Crippen molar-refractivity contribution in [2.75, 3.05) is 26.4 Å². The smallest absolute Gasteiger partial charge is 0.127 e. The van der Waals surface area contributed by atoms with Gasteiger partial charge in [0.05, 0.1) is 6.61 Å². The van der Waals surface area contributed by atoms with Gasteiger partial charge in [0.2, 0.25) is 0 Å². The van der Waals surface area contributed by atoms with Gasteiger partial charge < -0.3 is 15.4 Å². The normalized spacial score (nSPS) is 16.3. The Balaban J connectivity index is 2.47. The molecule has 0 saturated heterocycles. The van der Waals surface area contributed by atoms with Crippen molar-refractivity contribution in [3.63, 3.8) is 0 Å². The van der Waals surface area contributed by atoms with E-state index in [-0.39, 0.29) is 0 Å². The fourth-order valence-corrected chi connectivity index (χ4v) is 1.95. The van der Waals surface area contributed by atoms with Gasteiger partial charge in [-0.05, 0) is 38.7 Å². The quantitative estimate of drug-likeness (QED) is 0.750. The molecule has 0 spiro atoms. The van der Waals surface area contributed by atoms with Gasteiger partial charge in [-0.15, -0.1) is 0 Å². The number of nitrogens with two attached hydrogens (primary N) is 1. The van der Waals surface area contributed by atoms with Crippen LogP contribution in [-0.2, 0) is 6.42 Å². The summed E-state index contributed by atoms with van der Waals surface area (Å²) in [7, 11) is 4.13. The summed E-state index contributed by atoms with van der Waals surface area (Å²) in [6, 6.07) is 4.38. The number of anilines is 1. The molecule has 1 aliphatic rings.